The number of hydrogen-bond donors (Lipinski definition) is 1. The Kier molecular flexibility index (Phi) is 8.02. The highest BCUT2D eigenvalue weighted by molar-refractivity contribution is 7.93. The van der Waals surface area contributed by atoms with Crippen molar-refractivity contribution in [1.29, 1.82) is 0 Å². The predicted molar refractivity (Wildman–Crippen MR) is 138 cm³/mol. The van der Waals surface area contributed by atoms with Crippen molar-refractivity contribution in [3.05, 3.63) is 60.0 Å². The fourth-order valence-corrected chi connectivity index (χ4v) is 4.82. The zero-order valence-electron chi connectivity index (χ0n) is 21.9. The van der Waals surface area contributed by atoms with E-state index in [1.165, 1.54) is 20.2 Å². The van der Waals surface area contributed by atoms with Gasteiger partial charge in [0.25, 0.3) is 0 Å². The van der Waals surface area contributed by atoms with Crippen LogP contribution in [0, 0.1) is 6.92 Å². The van der Waals surface area contributed by atoms with Crippen LogP contribution in [0.5, 0.6) is 5.88 Å². The molecule has 4 aromatic rings. The van der Waals surface area contributed by atoms with Crippen LogP contribution in [0.4, 0.5) is 5.95 Å². The quantitative estimate of drug-likeness (QED) is 0.296. The van der Waals surface area contributed by atoms with Gasteiger partial charge < -0.3 is 14.0 Å². The zero-order valence-corrected chi connectivity index (χ0v) is 22.7. The summed E-state index contributed by atoms with van der Waals surface area (Å²) in [7, 11) is -2.59. The van der Waals surface area contributed by atoms with Crippen LogP contribution in [0.3, 0.4) is 0 Å². The molecule has 0 saturated carbocycles. The molecule has 0 bridgehead atoms. The molecule has 4 aromatic heterocycles. The molecule has 0 aliphatic carbocycles. The molecule has 0 fully saturated rings. The molecule has 4 rings (SSSR count). The van der Waals surface area contributed by atoms with E-state index in [2.05, 4.69) is 35.0 Å². The van der Waals surface area contributed by atoms with Crippen molar-refractivity contribution in [2.75, 3.05) is 11.8 Å². The average molecular weight is 543 g/mol. The van der Waals surface area contributed by atoms with E-state index in [1.54, 1.807) is 48.1 Å². The molecule has 4 heterocycles. The van der Waals surface area contributed by atoms with E-state index < -0.39 is 27.4 Å². The van der Waals surface area contributed by atoms with Crippen LogP contribution in [0.1, 0.15) is 57.0 Å². The van der Waals surface area contributed by atoms with Crippen LogP contribution in [0.2, 0.25) is 0 Å². The Hall–Kier alpha value is -3.91. The first kappa shape index (κ1) is 27.1. The lowest BCUT2D eigenvalue weighted by atomic mass is 10.2. The van der Waals surface area contributed by atoms with E-state index in [-0.39, 0.29) is 17.9 Å². The first-order chi connectivity index (χ1) is 18.1. The molecular formula is C24H30N8O5S. The monoisotopic (exact) mass is 542 g/mol. The second-order valence-electron chi connectivity index (χ2n) is 8.95. The van der Waals surface area contributed by atoms with Crippen LogP contribution < -0.4 is 9.46 Å². The first-order valence-corrected chi connectivity index (χ1v) is 13.5. The number of pyridine rings is 1. The zero-order chi connectivity index (χ0) is 27.4. The van der Waals surface area contributed by atoms with Crippen molar-refractivity contribution in [2.24, 2.45) is 0 Å². The predicted octanol–water partition coefficient (Wildman–Crippen LogP) is 3.34. The van der Waals surface area contributed by atoms with Gasteiger partial charge in [-0.05, 0) is 46.2 Å². The van der Waals surface area contributed by atoms with Crippen molar-refractivity contribution < 1.29 is 22.4 Å². The van der Waals surface area contributed by atoms with Gasteiger partial charge in [-0.1, -0.05) is 11.2 Å². The lowest BCUT2D eigenvalue weighted by molar-refractivity contribution is 0.00152. The van der Waals surface area contributed by atoms with Crippen LogP contribution in [0.15, 0.2) is 47.4 Å². The van der Waals surface area contributed by atoms with Gasteiger partial charge in [0.2, 0.25) is 21.9 Å². The number of anilines is 1. The summed E-state index contributed by atoms with van der Waals surface area (Å²) >= 11 is 0. The Labute approximate surface area is 220 Å². The lowest BCUT2D eigenvalue weighted by Gasteiger charge is -2.25. The minimum Gasteiger partial charge on any atom is -0.481 e. The van der Waals surface area contributed by atoms with Gasteiger partial charge in [0.1, 0.15) is 17.0 Å². The number of methoxy groups -OCH3 is 1. The van der Waals surface area contributed by atoms with Crippen LogP contribution in [-0.2, 0) is 14.8 Å². The molecule has 2 unspecified atom stereocenters. The maximum atomic E-state index is 13.7. The third-order valence-electron chi connectivity index (χ3n) is 5.74. The molecule has 0 aliphatic heterocycles. The normalized spacial score (nSPS) is 14.3. The SMILES string of the molecule is COc1cccc(-c2nnc(NS(=O)(=O)C(C)C(OC(C)C)c3ncc(C)cn3)n2[C@@H](C)c2ccno2)n1. The minimum absolute atomic E-state index is 0.0338. The lowest BCUT2D eigenvalue weighted by Crippen LogP contribution is -2.35. The Balaban J connectivity index is 1.74. The molecule has 3 atom stereocenters. The first-order valence-electron chi connectivity index (χ1n) is 11.9. The number of hydrogen-bond acceptors (Lipinski definition) is 11. The van der Waals surface area contributed by atoms with Crippen LogP contribution in [-0.4, -0.2) is 61.8 Å². The molecule has 14 heteroatoms. The summed E-state index contributed by atoms with van der Waals surface area (Å²) < 4.78 is 48.1. The van der Waals surface area contributed by atoms with Gasteiger partial charge in [0, 0.05) is 24.5 Å². The van der Waals surface area contributed by atoms with Gasteiger partial charge in [-0.15, -0.1) is 10.2 Å². The van der Waals surface area contributed by atoms with E-state index >= 15 is 0 Å². The number of nitrogens with zero attached hydrogens (tertiary/aromatic N) is 7. The van der Waals surface area contributed by atoms with Gasteiger partial charge in [0.15, 0.2) is 17.4 Å². The standard InChI is InChI=1S/C24H30N8O5S/c1-14(2)36-21(22-25-12-15(3)13-26-22)17(5)38(33,34)31-24-30-29-23(18-8-7-9-20(28-18)35-6)32(24)16(4)19-10-11-27-37-19/h7-14,16-17,21H,1-6H3,(H,30,31)/t16-,17?,21?/m0/s1. The van der Waals surface area contributed by atoms with Gasteiger partial charge in [-0.2, -0.15) is 0 Å². The number of aryl methyl sites for hydroxylation is 1. The van der Waals surface area contributed by atoms with Gasteiger partial charge in [0.05, 0.1) is 25.5 Å². The molecule has 0 radical (unpaired) electrons. The average Bonchev–Trinajstić information content (AvgIpc) is 3.57. The Morgan fingerprint density at radius 1 is 1.05 bits per heavy atom. The summed E-state index contributed by atoms with van der Waals surface area (Å²) in [5, 5.41) is 11.1. The molecule has 13 nitrogen and oxygen atoms in total. The number of sulfonamides is 1. The summed E-state index contributed by atoms with van der Waals surface area (Å²) in [6, 6.07) is 6.30. The van der Waals surface area contributed by atoms with E-state index in [4.69, 9.17) is 14.0 Å². The van der Waals surface area contributed by atoms with Crippen molar-refractivity contribution in [3.8, 4) is 17.4 Å². The smallest absolute Gasteiger partial charge is 0.240 e. The molecule has 1 N–H and O–H groups in total. The summed E-state index contributed by atoms with van der Waals surface area (Å²) in [5.41, 5.74) is 1.27. The van der Waals surface area contributed by atoms with Crippen LogP contribution in [0.25, 0.3) is 11.5 Å². The van der Waals surface area contributed by atoms with Gasteiger partial charge >= 0.3 is 0 Å². The summed E-state index contributed by atoms with van der Waals surface area (Å²) in [6.45, 7) is 8.82. The maximum absolute atomic E-state index is 13.7. The summed E-state index contributed by atoms with van der Waals surface area (Å²) in [5.74, 6) is 1.37. The van der Waals surface area contributed by atoms with Crippen molar-refractivity contribution in [2.45, 2.75) is 58.1 Å². The van der Waals surface area contributed by atoms with Crippen LogP contribution >= 0.6 is 0 Å². The topological polar surface area (TPSA) is 160 Å². The van der Waals surface area contributed by atoms with Crippen molar-refractivity contribution in [3.63, 3.8) is 0 Å². The second kappa shape index (κ2) is 11.2. The molecule has 0 aliphatic rings. The number of ether oxygens (including phenoxy) is 2. The molecular weight excluding hydrogens is 512 g/mol. The third-order valence-corrected chi connectivity index (χ3v) is 7.43. The number of aromatic nitrogens is 7. The van der Waals surface area contributed by atoms with E-state index in [1.807, 2.05) is 20.8 Å². The Morgan fingerprint density at radius 3 is 2.42 bits per heavy atom. The fourth-order valence-electron chi connectivity index (χ4n) is 3.73. The largest absolute Gasteiger partial charge is 0.481 e. The van der Waals surface area contributed by atoms with Crippen molar-refractivity contribution >= 4 is 16.0 Å². The highest BCUT2D eigenvalue weighted by atomic mass is 32.2. The summed E-state index contributed by atoms with van der Waals surface area (Å²) in [6.07, 6.45) is 3.53. The van der Waals surface area contributed by atoms with E-state index in [0.29, 0.717) is 23.2 Å². The highest BCUT2D eigenvalue weighted by Crippen LogP contribution is 2.31. The fraction of sp³-hybridized carbons (Fsp3) is 0.417. The van der Waals surface area contributed by atoms with E-state index in [9.17, 15) is 8.42 Å². The summed E-state index contributed by atoms with van der Waals surface area (Å²) in [4.78, 5) is 13.1. The third kappa shape index (κ3) is 5.81. The van der Waals surface area contributed by atoms with E-state index in [0.717, 1.165) is 5.56 Å². The Morgan fingerprint density at radius 2 is 1.79 bits per heavy atom. The maximum Gasteiger partial charge on any atom is 0.240 e. The second-order valence-corrected chi connectivity index (χ2v) is 11.0. The number of nitrogens with one attached hydrogen (secondary N) is 1. The highest BCUT2D eigenvalue weighted by Gasteiger charge is 2.36. The van der Waals surface area contributed by atoms with Gasteiger partial charge in [-0.25, -0.2) is 23.4 Å². The molecule has 0 saturated heterocycles. The molecule has 0 spiro atoms. The molecule has 202 valence electrons. The molecule has 0 aromatic carbocycles. The molecule has 38 heavy (non-hydrogen) atoms. The minimum atomic E-state index is -4.09. The number of rotatable bonds is 11. The van der Waals surface area contributed by atoms with Gasteiger partial charge in [-0.3, -0.25) is 9.29 Å². The molecule has 0 amide bonds. The Bertz CT molecular complexity index is 1460. The van der Waals surface area contributed by atoms with Crippen molar-refractivity contribution in [1.82, 2.24) is 34.9 Å².